The minimum absolute atomic E-state index is 0.0683. The summed E-state index contributed by atoms with van der Waals surface area (Å²) in [5.74, 6) is 0. The first-order valence-corrected chi connectivity index (χ1v) is 9.45. The van der Waals surface area contributed by atoms with E-state index in [4.69, 9.17) is 11.6 Å². The van der Waals surface area contributed by atoms with Gasteiger partial charge in [-0.2, -0.15) is 0 Å². The quantitative estimate of drug-likeness (QED) is 0.725. The number of halogens is 1. The number of nitrogens with one attached hydrogen (secondary N) is 1. The molecule has 0 atom stereocenters. The zero-order chi connectivity index (χ0) is 18.2. The van der Waals surface area contributed by atoms with Crippen molar-refractivity contribution in [1.29, 1.82) is 0 Å². The molecular formula is C16H14ClN3O4S. The summed E-state index contributed by atoms with van der Waals surface area (Å²) >= 11 is 5.98. The summed E-state index contributed by atoms with van der Waals surface area (Å²) in [6, 6.07) is 8.43. The van der Waals surface area contributed by atoms with Crippen LogP contribution < -0.4 is 4.72 Å². The van der Waals surface area contributed by atoms with Crippen molar-refractivity contribution in [1.82, 2.24) is 14.3 Å². The molecule has 2 aromatic heterocycles. The highest BCUT2D eigenvalue weighted by Crippen LogP contribution is 2.30. The fourth-order valence-electron chi connectivity index (χ4n) is 2.53. The molecule has 7 nitrogen and oxygen atoms in total. The molecule has 0 aliphatic rings. The van der Waals surface area contributed by atoms with Gasteiger partial charge in [0.2, 0.25) is 10.0 Å². The molecule has 0 spiro atoms. The lowest BCUT2D eigenvalue weighted by molar-refractivity contribution is 0.198. The van der Waals surface area contributed by atoms with Crippen LogP contribution in [0.5, 0.6) is 0 Å². The summed E-state index contributed by atoms with van der Waals surface area (Å²) in [7, 11) is -3.34. The largest absolute Gasteiger partial charge is 0.464 e. The van der Waals surface area contributed by atoms with E-state index < -0.39 is 16.1 Å². The number of fused-ring (bicyclic) bond motifs is 1. The highest BCUT2D eigenvalue weighted by molar-refractivity contribution is 7.88. The third kappa shape index (κ3) is 3.81. The Morgan fingerprint density at radius 3 is 2.72 bits per heavy atom. The van der Waals surface area contributed by atoms with Crippen LogP contribution in [0.3, 0.4) is 0 Å². The first kappa shape index (κ1) is 17.4. The van der Waals surface area contributed by atoms with E-state index in [1.54, 1.807) is 30.3 Å². The molecule has 0 unspecified atom stereocenters. The van der Waals surface area contributed by atoms with Crippen LogP contribution in [0.4, 0.5) is 4.79 Å². The summed E-state index contributed by atoms with van der Waals surface area (Å²) in [5, 5.41) is 10.7. The fourth-order valence-corrected chi connectivity index (χ4v) is 3.13. The van der Waals surface area contributed by atoms with E-state index in [2.05, 4.69) is 9.71 Å². The van der Waals surface area contributed by atoms with E-state index in [-0.39, 0.29) is 6.54 Å². The van der Waals surface area contributed by atoms with E-state index in [1.165, 1.54) is 12.4 Å². The van der Waals surface area contributed by atoms with Crippen LogP contribution >= 0.6 is 11.6 Å². The van der Waals surface area contributed by atoms with E-state index >= 15 is 0 Å². The molecule has 0 radical (unpaired) electrons. The molecule has 25 heavy (non-hydrogen) atoms. The second kappa shape index (κ2) is 6.47. The number of sulfonamides is 1. The molecule has 0 aliphatic heterocycles. The van der Waals surface area contributed by atoms with Gasteiger partial charge >= 0.3 is 6.09 Å². The lowest BCUT2D eigenvalue weighted by Gasteiger charge is -2.08. The topological polar surface area (TPSA) is 101 Å². The van der Waals surface area contributed by atoms with Gasteiger partial charge in [-0.15, -0.1) is 0 Å². The second-order valence-corrected chi connectivity index (χ2v) is 7.80. The first-order chi connectivity index (χ1) is 11.7. The van der Waals surface area contributed by atoms with Gasteiger partial charge in [-0.1, -0.05) is 17.7 Å². The molecule has 2 N–H and O–H groups in total. The summed E-state index contributed by atoms with van der Waals surface area (Å²) in [4.78, 5) is 15.8. The third-order valence-corrected chi connectivity index (χ3v) is 4.49. The van der Waals surface area contributed by atoms with Crippen molar-refractivity contribution in [3.8, 4) is 11.3 Å². The highest BCUT2D eigenvalue weighted by Gasteiger charge is 2.16. The zero-order valence-corrected chi connectivity index (χ0v) is 14.7. The Hall–Kier alpha value is -2.42. The van der Waals surface area contributed by atoms with Crippen molar-refractivity contribution in [3.05, 3.63) is 53.3 Å². The summed E-state index contributed by atoms with van der Waals surface area (Å²) < 4.78 is 26.0. The Balaban J connectivity index is 2.10. The summed E-state index contributed by atoms with van der Waals surface area (Å²) in [5.41, 5.74) is 2.07. The molecule has 0 bridgehead atoms. The van der Waals surface area contributed by atoms with Crippen LogP contribution in [0.1, 0.15) is 5.56 Å². The first-order valence-electron chi connectivity index (χ1n) is 7.18. The van der Waals surface area contributed by atoms with Crippen LogP contribution in [-0.4, -0.2) is 35.4 Å². The zero-order valence-electron chi connectivity index (χ0n) is 13.1. The molecule has 0 aliphatic carbocycles. The van der Waals surface area contributed by atoms with Crippen molar-refractivity contribution in [2.75, 3.05) is 6.26 Å². The average Bonchev–Trinajstić information content (AvgIpc) is 2.91. The number of rotatable bonds is 4. The Morgan fingerprint density at radius 1 is 1.28 bits per heavy atom. The number of aromatic nitrogens is 2. The van der Waals surface area contributed by atoms with Gasteiger partial charge in [0.05, 0.1) is 17.5 Å². The average molecular weight is 380 g/mol. The van der Waals surface area contributed by atoms with Crippen LogP contribution in [-0.2, 0) is 16.6 Å². The maximum atomic E-state index is 11.7. The van der Waals surface area contributed by atoms with E-state index in [0.717, 1.165) is 16.2 Å². The number of hydrogen-bond donors (Lipinski definition) is 2. The van der Waals surface area contributed by atoms with E-state index in [1.807, 2.05) is 0 Å². The molecule has 3 rings (SSSR count). The molecule has 9 heteroatoms. The summed E-state index contributed by atoms with van der Waals surface area (Å²) in [6.07, 6.45) is 2.97. The minimum atomic E-state index is -3.34. The molecule has 0 fully saturated rings. The molecule has 0 amide bonds. The van der Waals surface area contributed by atoms with Crippen molar-refractivity contribution in [2.24, 2.45) is 0 Å². The molecule has 3 aromatic rings. The predicted molar refractivity (Wildman–Crippen MR) is 95.3 cm³/mol. The third-order valence-electron chi connectivity index (χ3n) is 3.59. The standard InChI is InChI=1S/C16H14ClN3O4S/c1-25(23,24)19-8-10-4-12(9-18-7-10)14-5-11-2-3-13(17)6-15(11)20(14)16(21)22/h2-7,9,19H,8H2,1H3,(H,21,22). The molecule has 0 saturated heterocycles. The van der Waals surface area contributed by atoms with Crippen molar-refractivity contribution in [2.45, 2.75) is 6.54 Å². The number of pyridine rings is 1. The predicted octanol–water partition coefficient (Wildman–Crippen LogP) is 2.93. The van der Waals surface area contributed by atoms with Gasteiger partial charge in [-0.3, -0.25) is 4.98 Å². The summed E-state index contributed by atoms with van der Waals surface area (Å²) in [6.45, 7) is 0.0683. The van der Waals surface area contributed by atoms with E-state index in [9.17, 15) is 18.3 Å². The van der Waals surface area contributed by atoms with Crippen LogP contribution in [0.2, 0.25) is 5.02 Å². The highest BCUT2D eigenvalue weighted by atomic mass is 35.5. The van der Waals surface area contributed by atoms with Crippen LogP contribution in [0.15, 0.2) is 42.7 Å². The number of benzene rings is 1. The van der Waals surface area contributed by atoms with Gasteiger partial charge in [0, 0.05) is 34.9 Å². The van der Waals surface area contributed by atoms with Gasteiger partial charge in [-0.25, -0.2) is 22.5 Å². The van der Waals surface area contributed by atoms with Crippen molar-refractivity contribution >= 4 is 38.6 Å². The van der Waals surface area contributed by atoms with Crippen LogP contribution in [0, 0.1) is 0 Å². The maximum absolute atomic E-state index is 11.7. The van der Waals surface area contributed by atoms with Gasteiger partial charge in [0.1, 0.15) is 0 Å². The lowest BCUT2D eigenvalue weighted by Crippen LogP contribution is -2.21. The number of carbonyl (C=O) groups is 1. The van der Waals surface area contributed by atoms with Crippen molar-refractivity contribution in [3.63, 3.8) is 0 Å². The molecule has 2 heterocycles. The molecule has 0 saturated carbocycles. The Kier molecular flexibility index (Phi) is 4.51. The van der Waals surface area contributed by atoms with Crippen LogP contribution in [0.25, 0.3) is 22.2 Å². The molecule has 1 aromatic carbocycles. The van der Waals surface area contributed by atoms with Gasteiger partial charge in [0.25, 0.3) is 0 Å². The van der Waals surface area contributed by atoms with Gasteiger partial charge in [-0.05, 0) is 29.8 Å². The Morgan fingerprint density at radius 2 is 2.04 bits per heavy atom. The normalized spacial score (nSPS) is 11.8. The minimum Gasteiger partial charge on any atom is -0.464 e. The Bertz CT molecular complexity index is 1080. The lowest BCUT2D eigenvalue weighted by atomic mass is 10.1. The fraction of sp³-hybridized carbons (Fsp3) is 0.125. The van der Waals surface area contributed by atoms with Gasteiger partial charge < -0.3 is 5.11 Å². The number of hydrogen-bond acceptors (Lipinski definition) is 4. The second-order valence-electron chi connectivity index (χ2n) is 5.53. The van der Waals surface area contributed by atoms with Crippen molar-refractivity contribution < 1.29 is 18.3 Å². The SMILES string of the molecule is CS(=O)(=O)NCc1cncc(-c2cc3ccc(Cl)cc3n2C(=O)O)c1. The Labute approximate surface area is 148 Å². The van der Waals surface area contributed by atoms with E-state index in [0.29, 0.717) is 27.4 Å². The monoisotopic (exact) mass is 379 g/mol. The molecular weight excluding hydrogens is 366 g/mol. The maximum Gasteiger partial charge on any atom is 0.416 e. The molecule has 130 valence electrons. The van der Waals surface area contributed by atoms with Gasteiger partial charge in [0.15, 0.2) is 0 Å². The number of nitrogens with zero attached hydrogens (tertiary/aromatic N) is 2. The number of carboxylic acid groups (broad SMARTS) is 1. The smallest absolute Gasteiger partial charge is 0.416 e.